The summed E-state index contributed by atoms with van der Waals surface area (Å²) in [6.45, 7) is 10.5. The number of benzene rings is 1. The third kappa shape index (κ3) is 3.89. The predicted molar refractivity (Wildman–Crippen MR) is 92.2 cm³/mol. The summed E-state index contributed by atoms with van der Waals surface area (Å²) in [5.74, 6) is -0.428. The highest BCUT2D eigenvalue weighted by Crippen LogP contribution is 2.27. The van der Waals surface area contributed by atoms with E-state index in [0.717, 1.165) is 11.1 Å². The van der Waals surface area contributed by atoms with Crippen molar-refractivity contribution in [2.24, 2.45) is 11.8 Å². The molecule has 0 radical (unpaired) electrons. The third-order valence-electron chi connectivity index (χ3n) is 4.77. The van der Waals surface area contributed by atoms with Crippen molar-refractivity contribution in [3.63, 3.8) is 0 Å². The van der Waals surface area contributed by atoms with Crippen molar-refractivity contribution in [2.45, 2.75) is 46.6 Å². The zero-order chi connectivity index (χ0) is 18.0. The second-order valence-corrected chi connectivity index (χ2v) is 7.10. The number of amides is 1. The number of likely N-dealkylation sites (tertiary alicyclic amines) is 1. The monoisotopic (exact) mass is 333 g/mol. The Kier molecular flexibility index (Phi) is 5.52. The number of rotatable bonds is 5. The van der Waals surface area contributed by atoms with Gasteiger partial charge >= 0.3 is 5.97 Å². The van der Waals surface area contributed by atoms with E-state index in [-0.39, 0.29) is 18.4 Å². The van der Waals surface area contributed by atoms with E-state index in [1.165, 1.54) is 0 Å². The van der Waals surface area contributed by atoms with E-state index in [0.29, 0.717) is 18.2 Å². The summed E-state index contributed by atoms with van der Waals surface area (Å²) < 4.78 is 5.90. The van der Waals surface area contributed by atoms with E-state index < -0.39 is 18.0 Å². The largest absolute Gasteiger partial charge is 0.481 e. The minimum absolute atomic E-state index is 0.0374. The average molecular weight is 333 g/mol. The molecule has 1 unspecified atom stereocenters. The van der Waals surface area contributed by atoms with E-state index in [1.807, 2.05) is 26.0 Å². The van der Waals surface area contributed by atoms with Crippen LogP contribution in [0, 0.1) is 18.8 Å². The van der Waals surface area contributed by atoms with Crippen LogP contribution >= 0.6 is 0 Å². The second-order valence-electron chi connectivity index (χ2n) is 7.10. The van der Waals surface area contributed by atoms with Gasteiger partial charge in [0.2, 0.25) is 0 Å². The number of carbonyl (C=O) groups is 2. The maximum atomic E-state index is 12.6. The van der Waals surface area contributed by atoms with Crippen molar-refractivity contribution in [2.75, 3.05) is 13.1 Å². The van der Waals surface area contributed by atoms with E-state index in [4.69, 9.17) is 4.74 Å². The van der Waals surface area contributed by atoms with Crippen LogP contribution in [0.2, 0.25) is 0 Å². The van der Waals surface area contributed by atoms with Gasteiger partial charge in [0.25, 0.3) is 5.91 Å². The second kappa shape index (κ2) is 7.24. The van der Waals surface area contributed by atoms with E-state index in [9.17, 15) is 14.7 Å². The van der Waals surface area contributed by atoms with Gasteiger partial charge in [0.15, 0.2) is 6.10 Å². The first-order chi connectivity index (χ1) is 11.2. The Morgan fingerprint density at radius 3 is 2.46 bits per heavy atom. The molecule has 0 saturated carbocycles. The van der Waals surface area contributed by atoms with Crippen LogP contribution in [0.4, 0.5) is 0 Å². The molecular formula is C19H27NO4. The van der Waals surface area contributed by atoms with Crippen LogP contribution in [0.15, 0.2) is 18.2 Å². The quantitative estimate of drug-likeness (QED) is 0.899. The van der Waals surface area contributed by atoms with Gasteiger partial charge in [-0.15, -0.1) is 0 Å². The molecule has 1 heterocycles. The number of hydrogen-bond donors (Lipinski definition) is 1. The molecule has 0 spiro atoms. The van der Waals surface area contributed by atoms with Gasteiger partial charge in [0.1, 0.15) is 5.75 Å². The number of carboxylic acid groups (broad SMARTS) is 1. The van der Waals surface area contributed by atoms with Crippen LogP contribution in [-0.4, -0.2) is 41.1 Å². The molecule has 132 valence electrons. The summed E-state index contributed by atoms with van der Waals surface area (Å²) in [5, 5.41) is 9.21. The number of carbonyl (C=O) groups excluding carboxylic acids is 1. The molecule has 1 aliphatic heterocycles. The molecule has 5 nitrogen and oxygen atoms in total. The van der Waals surface area contributed by atoms with Crippen molar-refractivity contribution in [1.29, 1.82) is 0 Å². The highest BCUT2D eigenvalue weighted by molar-refractivity contribution is 5.82. The lowest BCUT2D eigenvalue weighted by atomic mass is 9.99. The summed E-state index contributed by atoms with van der Waals surface area (Å²) in [5.41, 5.74) is 2.15. The highest BCUT2D eigenvalue weighted by Gasteiger charge is 2.38. The Labute approximate surface area is 143 Å². The van der Waals surface area contributed by atoms with Gasteiger partial charge in [-0.3, -0.25) is 9.59 Å². The highest BCUT2D eigenvalue weighted by atomic mass is 16.5. The van der Waals surface area contributed by atoms with Crippen molar-refractivity contribution in [3.8, 4) is 5.75 Å². The summed E-state index contributed by atoms with van der Waals surface area (Å²) in [6.07, 6.45) is -0.633. The number of aryl methyl sites for hydroxylation is 1. The molecule has 3 atom stereocenters. The molecule has 0 aromatic heterocycles. The summed E-state index contributed by atoms with van der Waals surface area (Å²) in [7, 11) is 0. The summed E-state index contributed by atoms with van der Waals surface area (Å²) >= 11 is 0. The lowest BCUT2D eigenvalue weighted by Gasteiger charge is -2.23. The predicted octanol–water partition coefficient (Wildman–Crippen LogP) is 3.06. The zero-order valence-corrected chi connectivity index (χ0v) is 15.1. The van der Waals surface area contributed by atoms with Crippen molar-refractivity contribution in [1.82, 2.24) is 4.90 Å². The first-order valence-corrected chi connectivity index (χ1v) is 8.49. The van der Waals surface area contributed by atoms with E-state index >= 15 is 0 Å². The normalized spacial score (nSPS) is 21.8. The molecule has 24 heavy (non-hydrogen) atoms. The molecule has 1 fully saturated rings. The molecule has 1 saturated heterocycles. The number of ether oxygens (including phenoxy) is 1. The number of nitrogens with zero attached hydrogens (tertiary/aromatic N) is 1. The lowest BCUT2D eigenvalue weighted by molar-refractivity contribution is -0.142. The molecule has 5 heteroatoms. The number of hydrogen-bond acceptors (Lipinski definition) is 3. The smallest absolute Gasteiger partial charge is 0.308 e. The molecule has 1 N–H and O–H groups in total. The average Bonchev–Trinajstić information content (AvgIpc) is 2.90. The lowest BCUT2D eigenvalue weighted by Crippen LogP contribution is -2.39. The first kappa shape index (κ1) is 18.3. The molecule has 2 rings (SSSR count). The Balaban J connectivity index is 2.07. The van der Waals surface area contributed by atoms with Crippen LogP contribution in [-0.2, 0) is 9.59 Å². The molecule has 1 amide bonds. The number of carboxylic acids is 1. The third-order valence-corrected chi connectivity index (χ3v) is 4.77. The van der Waals surface area contributed by atoms with E-state index in [1.54, 1.807) is 11.8 Å². The van der Waals surface area contributed by atoms with Crippen LogP contribution < -0.4 is 4.74 Å². The molecule has 0 aliphatic carbocycles. The van der Waals surface area contributed by atoms with Gasteiger partial charge in [-0.25, -0.2) is 0 Å². The van der Waals surface area contributed by atoms with Crippen LogP contribution in [0.5, 0.6) is 5.75 Å². The van der Waals surface area contributed by atoms with Gasteiger partial charge in [-0.05, 0) is 42.9 Å². The Bertz CT molecular complexity index is 626. The van der Waals surface area contributed by atoms with E-state index in [2.05, 4.69) is 19.9 Å². The standard InChI is InChI=1S/C19H27NO4/c1-11(2)15-7-6-12(3)17(8-15)24-14(5)18(21)20-9-13(4)16(10-20)19(22)23/h6-8,11,13-14,16H,9-10H2,1-5H3,(H,22,23)/t13-,14?,16-/m1/s1. The Morgan fingerprint density at radius 2 is 1.92 bits per heavy atom. The maximum absolute atomic E-state index is 12.6. The molecule has 1 aromatic carbocycles. The molecule has 1 aromatic rings. The number of aliphatic carboxylic acids is 1. The minimum atomic E-state index is -0.841. The van der Waals surface area contributed by atoms with Gasteiger partial charge < -0.3 is 14.7 Å². The zero-order valence-electron chi connectivity index (χ0n) is 15.1. The van der Waals surface area contributed by atoms with Crippen molar-refractivity contribution < 1.29 is 19.4 Å². The first-order valence-electron chi connectivity index (χ1n) is 8.49. The minimum Gasteiger partial charge on any atom is -0.481 e. The van der Waals surface area contributed by atoms with Gasteiger partial charge in [0.05, 0.1) is 5.92 Å². The van der Waals surface area contributed by atoms with Crippen molar-refractivity contribution >= 4 is 11.9 Å². The molecular weight excluding hydrogens is 306 g/mol. The van der Waals surface area contributed by atoms with Crippen LogP contribution in [0.25, 0.3) is 0 Å². The maximum Gasteiger partial charge on any atom is 0.308 e. The molecule has 1 aliphatic rings. The SMILES string of the molecule is Cc1ccc(C(C)C)cc1OC(C)C(=O)N1C[C@@H](C)[C@H](C(=O)O)C1. The Hall–Kier alpha value is -2.04. The fourth-order valence-corrected chi connectivity index (χ4v) is 3.07. The van der Waals surface area contributed by atoms with Gasteiger partial charge in [0, 0.05) is 13.1 Å². The summed E-state index contributed by atoms with van der Waals surface area (Å²) in [4.78, 5) is 25.4. The van der Waals surface area contributed by atoms with Gasteiger partial charge in [-0.1, -0.05) is 32.9 Å². The topological polar surface area (TPSA) is 66.8 Å². The fourth-order valence-electron chi connectivity index (χ4n) is 3.07. The summed E-state index contributed by atoms with van der Waals surface area (Å²) in [6, 6.07) is 6.05. The fraction of sp³-hybridized carbons (Fsp3) is 0.579. The Morgan fingerprint density at radius 1 is 1.25 bits per heavy atom. The molecule has 0 bridgehead atoms. The van der Waals surface area contributed by atoms with Crippen LogP contribution in [0.3, 0.4) is 0 Å². The van der Waals surface area contributed by atoms with Crippen molar-refractivity contribution in [3.05, 3.63) is 29.3 Å². The van der Waals surface area contributed by atoms with Crippen LogP contribution in [0.1, 0.15) is 44.7 Å². The van der Waals surface area contributed by atoms with Gasteiger partial charge in [-0.2, -0.15) is 0 Å².